The van der Waals surface area contributed by atoms with Gasteiger partial charge in [-0.1, -0.05) is 19.1 Å². The van der Waals surface area contributed by atoms with Gasteiger partial charge in [0.1, 0.15) is 11.9 Å². The van der Waals surface area contributed by atoms with E-state index in [0.717, 1.165) is 42.8 Å². The molecule has 0 radical (unpaired) electrons. The number of rotatable bonds is 6. The van der Waals surface area contributed by atoms with Crippen LogP contribution < -0.4 is 14.2 Å². The van der Waals surface area contributed by atoms with Crippen LogP contribution in [0.4, 0.5) is 0 Å². The molecule has 6 heteroatoms. The predicted molar refractivity (Wildman–Crippen MR) is 103 cm³/mol. The van der Waals surface area contributed by atoms with Crippen LogP contribution in [0.2, 0.25) is 0 Å². The number of likely N-dealkylation sites (tertiary alicyclic amines) is 1. The molecule has 1 aromatic heterocycles. The van der Waals surface area contributed by atoms with Crippen LogP contribution in [-0.2, 0) is 4.79 Å². The molecule has 1 aliphatic rings. The van der Waals surface area contributed by atoms with Gasteiger partial charge in [0.25, 0.3) is 5.88 Å². The number of ether oxygens (including phenoxy) is 3. The van der Waals surface area contributed by atoms with Crippen molar-refractivity contribution in [1.82, 2.24) is 9.88 Å². The molecule has 0 saturated carbocycles. The van der Waals surface area contributed by atoms with Crippen molar-refractivity contribution in [1.29, 1.82) is 0 Å². The van der Waals surface area contributed by atoms with E-state index in [1.807, 2.05) is 42.2 Å². The summed E-state index contributed by atoms with van der Waals surface area (Å²) in [6.07, 6.45) is 4.22. The van der Waals surface area contributed by atoms with E-state index in [0.29, 0.717) is 18.1 Å². The Hall–Kier alpha value is -2.76. The summed E-state index contributed by atoms with van der Waals surface area (Å²) in [6.45, 7) is 3.44. The molecule has 6 nitrogen and oxygen atoms in total. The first kappa shape index (κ1) is 19.0. The molecule has 0 unspecified atom stereocenters. The lowest BCUT2D eigenvalue weighted by Gasteiger charge is -2.32. The Morgan fingerprint density at radius 2 is 1.81 bits per heavy atom. The van der Waals surface area contributed by atoms with Gasteiger partial charge in [0.2, 0.25) is 5.91 Å². The molecule has 1 fully saturated rings. The van der Waals surface area contributed by atoms with Crippen LogP contribution in [0, 0.1) is 0 Å². The molecule has 0 atom stereocenters. The first-order chi connectivity index (χ1) is 13.1. The van der Waals surface area contributed by atoms with Crippen LogP contribution in [-0.4, -0.2) is 49.2 Å². The van der Waals surface area contributed by atoms with E-state index in [4.69, 9.17) is 14.2 Å². The molecule has 1 saturated heterocycles. The first-order valence-electron chi connectivity index (χ1n) is 9.27. The van der Waals surface area contributed by atoms with Gasteiger partial charge in [-0.25, -0.2) is 4.98 Å². The number of hydrogen-bond donors (Lipinski definition) is 0. The quantitative estimate of drug-likeness (QED) is 0.778. The van der Waals surface area contributed by atoms with Gasteiger partial charge in [0.15, 0.2) is 5.75 Å². The topological polar surface area (TPSA) is 60.9 Å². The molecule has 1 aliphatic heterocycles. The molecule has 0 aliphatic carbocycles. The van der Waals surface area contributed by atoms with Crippen molar-refractivity contribution < 1.29 is 19.0 Å². The first-order valence-corrected chi connectivity index (χ1v) is 9.27. The average molecular weight is 370 g/mol. The van der Waals surface area contributed by atoms with Gasteiger partial charge in [-0.3, -0.25) is 4.79 Å². The molecule has 0 N–H and O–H groups in total. The molecular formula is C21H26N2O4. The van der Waals surface area contributed by atoms with Crippen molar-refractivity contribution in [2.45, 2.75) is 32.3 Å². The molecular weight excluding hydrogens is 344 g/mol. The van der Waals surface area contributed by atoms with Gasteiger partial charge in [0.05, 0.1) is 14.2 Å². The van der Waals surface area contributed by atoms with Crippen molar-refractivity contribution in [2.75, 3.05) is 27.3 Å². The Bertz CT molecular complexity index is 768. The van der Waals surface area contributed by atoms with Crippen molar-refractivity contribution >= 4 is 5.91 Å². The van der Waals surface area contributed by atoms with Crippen LogP contribution >= 0.6 is 0 Å². The van der Waals surface area contributed by atoms with E-state index < -0.39 is 0 Å². The Kier molecular flexibility index (Phi) is 6.16. The number of methoxy groups -OCH3 is 2. The summed E-state index contributed by atoms with van der Waals surface area (Å²) in [4.78, 5) is 18.0. The Morgan fingerprint density at radius 1 is 1.11 bits per heavy atom. The maximum atomic E-state index is 11.8. The number of carbonyl (C=O) groups is 1. The number of hydrogen-bond acceptors (Lipinski definition) is 5. The third-order valence-corrected chi connectivity index (χ3v) is 4.82. The highest BCUT2D eigenvalue weighted by Crippen LogP contribution is 2.31. The highest BCUT2D eigenvalue weighted by atomic mass is 16.5. The fraction of sp³-hybridized carbons (Fsp3) is 0.429. The summed E-state index contributed by atoms with van der Waals surface area (Å²) >= 11 is 0. The molecule has 0 spiro atoms. The van der Waals surface area contributed by atoms with Gasteiger partial charge in [-0.05, 0) is 23.8 Å². The smallest absolute Gasteiger partial charge is 0.256 e. The minimum atomic E-state index is 0.152. The Labute approximate surface area is 160 Å². The van der Waals surface area contributed by atoms with Crippen molar-refractivity contribution in [3.05, 3.63) is 36.5 Å². The average Bonchev–Trinajstić information content (AvgIpc) is 2.73. The molecule has 1 amide bonds. The third-order valence-electron chi connectivity index (χ3n) is 4.82. The number of carbonyl (C=O) groups excluding carboxylic acids is 1. The van der Waals surface area contributed by atoms with Gasteiger partial charge in [0, 0.05) is 44.1 Å². The zero-order valence-corrected chi connectivity index (χ0v) is 16.1. The van der Waals surface area contributed by atoms with E-state index in [9.17, 15) is 4.79 Å². The summed E-state index contributed by atoms with van der Waals surface area (Å²) < 4.78 is 16.6. The number of aromatic nitrogens is 1. The number of piperidine rings is 1. The molecule has 144 valence electrons. The van der Waals surface area contributed by atoms with Gasteiger partial charge >= 0.3 is 0 Å². The maximum Gasteiger partial charge on any atom is 0.256 e. The standard InChI is InChI=1S/C21H26N2O4/c1-4-20(24)23-11-9-18(10-12-23)27-17-7-5-15(6-8-17)16-13-19(25-2)21(26-3)22-14-16/h5-8,13-14,18H,4,9-12H2,1-3H3. The lowest BCUT2D eigenvalue weighted by Crippen LogP contribution is -2.41. The van der Waals surface area contributed by atoms with E-state index in [-0.39, 0.29) is 12.0 Å². The maximum absolute atomic E-state index is 11.8. The molecule has 2 heterocycles. The van der Waals surface area contributed by atoms with Crippen molar-refractivity contribution in [2.24, 2.45) is 0 Å². The van der Waals surface area contributed by atoms with E-state index in [2.05, 4.69) is 4.98 Å². The number of pyridine rings is 1. The summed E-state index contributed by atoms with van der Waals surface area (Å²) in [6, 6.07) is 9.86. The zero-order chi connectivity index (χ0) is 19.2. The SMILES string of the molecule is CCC(=O)N1CCC(Oc2ccc(-c3cnc(OC)c(OC)c3)cc2)CC1. The summed E-state index contributed by atoms with van der Waals surface area (Å²) in [7, 11) is 3.17. The molecule has 27 heavy (non-hydrogen) atoms. The van der Waals surface area contributed by atoms with Crippen LogP contribution in [0.1, 0.15) is 26.2 Å². The second kappa shape index (κ2) is 8.75. The summed E-state index contributed by atoms with van der Waals surface area (Å²) in [5, 5.41) is 0. The molecule has 0 bridgehead atoms. The van der Waals surface area contributed by atoms with Crippen LogP contribution in [0.25, 0.3) is 11.1 Å². The molecule has 1 aromatic carbocycles. The highest BCUT2D eigenvalue weighted by Gasteiger charge is 2.22. The normalized spacial score (nSPS) is 14.7. The van der Waals surface area contributed by atoms with Crippen LogP contribution in [0.15, 0.2) is 36.5 Å². The van der Waals surface area contributed by atoms with E-state index >= 15 is 0 Å². The van der Waals surface area contributed by atoms with Gasteiger partial charge in [-0.15, -0.1) is 0 Å². The lowest BCUT2D eigenvalue weighted by molar-refractivity contribution is -0.132. The van der Waals surface area contributed by atoms with Crippen LogP contribution in [0.5, 0.6) is 17.4 Å². The zero-order valence-electron chi connectivity index (χ0n) is 16.1. The number of amides is 1. The largest absolute Gasteiger partial charge is 0.491 e. The third kappa shape index (κ3) is 4.51. The lowest BCUT2D eigenvalue weighted by atomic mass is 10.1. The second-order valence-electron chi connectivity index (χ2n) is 6.51. The highest BCUT2D eigenvalue weighted by molar-refractivity contribution is 5.75. The van der Waals surface area contributed by atoms with Gasteiger partial charge < -0.3 is 19.1 Å². The Morgan fingerprint density at radius 3 is 2.41 bits per heavy atom. The van der Waals surface area contributed by atoms with E-state index in [1.165, 1.54) is 0 Å². The number of benzene rings is 1. The summed E-state index contributed by atoms with van der Waals surface area (Å²) in [5.41, 5.74) is 1.98. The van der Waals surface area contributed by atoms with Crippen LogP contribution in [0.3, 0.4) is 0 Å². The second-order valence-corrected chi connectivity index (χ2v) is 6.51. The summed E-state index contributed by atoms with van der Waals surface area (Å²) in [5.74, 6) is 2.13. The fourth-order valence-electron chi connectivity index (χ4n) is 3.25. The van der Waals surface area contributed by atoms with E-state index in [1.54, 1.807) is 20.4 Å². The minimum Gasteiger partial charge on any atom is -0.491 e. The molecule has 3 rings (SSSR count). The van der Waals surface area contributed by atoms with Gasteiger partial charge in [-0.2, -0.15) is 0 Å². The predicted octanol–water partition coefficient (Wildman–Crippen LogP) is 3.55. The minimum absolute atomic E-state index is 0.152. The number of nitrogens with zero attached hydrogens (tertiary/aromatic N) is 2. The van der Waals surface area contributed by atoms with Crippen molar-refractivity contribution in [3.8, 4) is 28.5 Å². The van der Waals surface area contributed by atoms with Crippen molar-refractivity contribution in [3.63, 3.8) is 0 Å². The molecule has 2 aromatic rings. The fourth-order valence-corrected chi connectivity index (χ4v) is 3.25. The Balaban J connectivity index is 1.62. The monoisotopic (exact) mass is 370 g/mol.